The number of benzene rings is 1. The zero-order valence-corrected chi connectivity index (χ0v) is 19.4. The van der Waals surface area contributed by atoms with Gasteiger partial charge in [-0.2, -0.15) is 0 Å². The number of carbonyl (C=O) groups excluding carboxylic acids is 1. The van der Waals surface area contributed by atoms with Crippen LogP contribution in [-0.2, 0) is 9.53 Å². The maximum atomic E-state index is 12.8. The molecule has 0 bridgehead atoms. The molecule has 26 heavy (non-hydrogen) atoms. The molecular formula is C20H32O4SeSi. The summed E-state index contributed by atoms with van der Waals surface area (Å²) in [6, 6.07) is 10.4. The third kappa shape index (κ3) is 4.60. The molecule has 1 aromatic rings. The van der Waals surface area contributed by atoms with Gasteiger partial charge in [0.1, 0.15) is 0 Å². The van der Waals surface area contributed by atoms with E-state index in [-0.39, 0.29) is 40.1 Å². The van der Waals surface area contributed by atoms with Gasteiger partial charge in [0.25, 0.3) is 0 Å². The first-order chi connectivity index (χ1) is 12.0. The summed E-state index contributed by atoms with van der Waals surface area (Å²) in [6.07, 6.45) is 0. The molecule has 0 aliphatic heterocycles. The van der Waals surface area contributed by atoms with Gasteiger partial charge in [-0.15, -0.1) is 0 Å². The van der Waals surface area contributed by atoms with Gasteiger partial charge in [0.15, 0.2) is 0 Å². The Morgan fingerprint density at radius 2 is 1.73 bits per heavy atom. The summed E-state index contributed by atoms with van der Waals surface area (Å²) in [5.74, 6) is -0.712. The van der Waals surface area contributed by atoms with Gasteiger partial charge in [0.2, 0.25) is 0 Å². The molecule has 0 saturated heterocycles. The van der Waals surface area contributed by atoms with Gasteiger partial charge < -0.3 is 0 Å². The van der Waals surface area contributed by atoms with Gasteiger partial charge in [-0.25, -0.2) is 0 Å². The monoisotopic (exact) mass is 444 g/mol. The molecule has 1 aliphatic carbocycles. The molecule has 3 atom stereocenters. The van der Waals surface area contributed by atoms with Crippen molar-refractivity contribution in [2.75, 3.05) is 13.2 Å². The zero-order chi connectivity index (χ0) is 19.8. The summed E-state index contributed by atoms with van der Waals surface area (Å²) in [5, 5.41) is 20.2. The number of hydrogen-bond donors (Lipinski definition) is 2. The van der Waals surface area contributed by atoms with Crippen molar-refractivity contribution in [3.05, 3.63) is 30.3 Å². The van der Waals surface area contributed by atoms with Gasteiger partial charge >= 0.3 is 164 Å². The fourth-order valence-electron chi connectivity index (χ4n) is 3.64. The third-order valence-electron chi connectivity index (χ3n) is 4.97. The average molecular weight is 444 g/mol. The SMILES string of the molecule is CC(C)(C)OC(=O)[C@H]1[C@@H]([C@@H]([Se]c2ccccc2)[Si](C)(C)C)C1(CO)CO. The Balaban J connectivity index is 2.34. The van der Waals surface area contributed by atoms with Crippen LogP contribution >= 0.6 is 0 Å². The second kappa shape index (κ2) is 7.76. The van der Waals surface area contributed by atoms with Crippen molar-refractivity contribution in [1.29, 1.82) is 0 Å². The molecule has 1 fully saturated rings. The van der Waals surface area contributed by atoms with Crippen molar-refractivity contribution in [2.45, 2.75) is 50.5 Å². The van der Waals surface area contributed by atoms with E-state index in [9.17, 15) is 15.0 Å². The van der Waals surface area contributed by atoms with Crippen molar-refractivity contribution in [1.82, 2.24) is 0 Å². The van der Waals surface area contributed by atoms with E-state index in [0.29, 0.717) is 4.44 Å². The van der Waals surface area contributed by atoms with Crippen LogP contribution in [0.1, 0.15) is 20.8 Å². The topological polar surface area (TPSA) is 66.8 Å². The van der Waals surface area contributed by atoms with Gasteiger partial charge in [-0.05, 0) is 0 Å². The second-order valence-corrected chi connectivity index (χ2v) is 18.1. The molecule has 6 heteroatoms. The molecule has 2 N–H and O–H groups in total. The first-order valence-corrected chi connectivity index (χ1v) is 14.5. The molecule has 0 aromatic heterocycles. The van der Waals surface area contributed by atoms with E-state index in [1.54, 1.807) is 0 Å². The third-order valence-corrected chi connectivity index (χ3v) is 14.4. The van der Waals surface area contributed by atoms with E-state index >= 15 is 0 Å². The van der Waals surface area contributed by atoms with E-state index in [4.69, 9.17) is 4.74 Å². The van der Waals surface area contributed by atoms with E-state index in [2.05, 4.69) is 31.8 Å². The number of aliphatic hydroxyl groups is 2. The number of esters is 1. The Kier molecular flexibility index (Phi) is 6.46. The minimum absolute atomic E-state index is 0.0146. The fourth-order valence-corrected chi connectivity index (χ4v) is 11.0. The van der Waals surface area contributed by atoms with Crippen molar-refractivity contribution >= 4 is 33.5 Å². The van der Waals surface area contributed by atoms with E-state index in [1.165, 1.54) is 4.46 Å². The molecule has 2 rings (SSSR count). The van der Waals surface area contributed by atoms with Gasteiger partial charge in [0, 0.05) is 0 Å². The molecule has 0 spiro atoms. The normalized spacial score (nSPS) is 23.4. The molecule has 0 unspecified atom stereocenters. The van der Waals surface area contributed by atoms with Gasteiger partial charge in [0.05, 0.1) is 0 Å². The predicted octanol–water partition coefficient (Wildman–Crippen LogP) is 2.24. The Bertz CT molecular complexity index is 617. The van der Waals surface area contributed by atoms with Crippen molar-refractivity contribution in [3.8, 4) is 0 Å². The van der Waals surface area contributed by atoms with Crippen LogP contribution in [0.2, 0.25) is 24.1 Å². The summed E-state index contributed by atoms with van der Waals surface area (Å²) in [7, 11) is -1.64. The van der Waals surface area contributed by atoms with E-state index < -0.39 is 25.0 Å². The van der Waals surface area contributed by atoms with Crippen LogP contribution in [0, 0.1) is 17.3 Å². The molecule has 0 radical (unpaired) electrons. The number of ether oxygens (including phenoxy) is 1. The predicted molar refractivity (Wildman–Crippen MR) is 108 cm³/mol. The standard InChI is InChI=1S/C20H32O4SeSi/c1-19(2,3)24-17(23)15-16(20(15,12-21)13-22)18(26(4,5)6)25-14-10-8-7-9-11-14/h7-11,15-16,18,21-22H,12-13H2,1-6H3/t15-,16+,18+/m1/s1. The van der Waals surface area contributed by atoms with Crippen LogP contribution in [0.3, 0.4) is 0 Å². The summed E-state index contributed by atoms with van der Waals surface area (Å²) in [4.78, 5) is 12.8. The number of aliphatic hydroxyl groups excluding tert-OH is 2. The molecule has 0 heterocycles. The number of carbonyl (C=O) groups is 1. The number of rotatable bonds is 7. The Morgan fingerprint density at radius 1 is 1.19 bits per heavy atom. The molecule has 1 saturated carbocycles. The Labute approximate surface area is 164 Å². The maximum absolute atomic E-state index is 12.8. The molecule has 0 amide bonds. The summed E-state index contributed by atoms with van der Waals surface area (Å²) >= 11 is 0.183. The fraction of sp³-hybridized carbons (Fsp3) is 0.650. The zero-order valence-electron chi connectivity index (χ0n) is 16.7. The molecule has 1 aliphatic rings. The molecular weight excluding hydrogens is 411 g/mol. The van der Waals surface area contributed by atoms with E-state index in [1.807, 2.05) is 39.0 Å². The van der Waals surface area contributed by atoms with Crippen LogP contribution in [-0.4, -0.2) is 58.0 Å². The van der Waals surface area contributed by atoms with Crippen LogP contribution in [0.5, 0.6) is 0 Å². The number of hydrogen-bond acceptors (Lipinski definition) is 4. The molecule has 146 valence electrons. The van der Waals surface area contributed by atoms with Crippen molar-refractivity contribution in [2.24, 2.45) is 17.3 Å². The first kappa shape index (κ1) is 21.6. The van der Waals surface area contributed by atoms with Crippen LogP contribution in [0.25, 0.3) is 0 Å². The summed E-state index contributed by atoms with van der Waals surface area (Å²) in [5.41, 5.74) is -1.32. The second-order valence-electron chi connectivity index (χ2n) is 9.30. The van der Waals surface area contributed by atoms with Crippen molar-refractivity contribution < 1.29 is 19.7 Å². The Hall–Kier alpha value is -0.654. The first-order valence-electron chi connectivity index (χ1n) is 9.12. The summed E-state index contributed by atoms with van der Waals surface area (Å²) < 4.78 is 7.27. The van der Waals surface area contributed by atoms with Gasteiger partial charge in [-0.3, -0.25) is 0 Å². The molecule has 4 nitrogen and oxygen atoms in total. The quantitative estimate of drug-likeness (QED) is 0.501. The van der Waals surface area contributed by atoms with E-state index in [0.717, 1.165) is 0 Å². The van der Waals surface area contributed by atoms with Crippen LogP contribution < -0.4 is 4.46 Å². The van der Waals surface area contributed by atoms with Crippen molar-refractivity contribution in [3.63, 3.8) is 0 Å². The van der Waals surface area contributed by atoms with Crippen LogP contribution in [0.15, 0.2) is 30.3 Å². The summed E-state index contributed by atoms with van der Waals surface area (Å²) in [6.45, 7) is 12.1. The average Bonchev–Trinajstić information content (AvgIpc) is 3.20. The molecule has 1 aromatic carbocycles. The van der Waals surface area contributed by atoms with Gasteiger partial charge in [-0.1, -0.05) is 0 Å². The minimum atomic E-state index is -1.64. The van der Waals surface area contributed by atoms with Crippen LogP contribution in [0.4, 0.5) is 0 Å². The Morgan fingerprint density at radius 3 is 2.15 bits per heavy atom.